The van der Waals surface area contributed by atoms with Gasteiger partial charge >= 0.3 is 0 Å². The van der Waals surface area contributed by atoms with E-state index in [0.717, 1.165) is 23.5 Å². The van der Waals surface area contributed by atoms with Gasteiger partial charge in [-0.2, -0.15) is 0 Å². The zero-order valence-electron chi connectivity index (χ0n) is 10.9. The summed E-state index contributed by atoms with van der Waals surface area (Å²) in [5.74, 6) is 0.521. The predicted octanol–water partition coefficient (Wildman–Crippen LogP) is 3.99. The van der Waals surface area contributed by atoms with E-state index in [1.807, 2.05) is 18.7 Å². The van der Waals surface area contributed by atoms with Crippen molar-refractivity contribution in [3.8, 4) is 0 Å². The molecule has 0 saturated heterocycles. The first-order valence-corrected chi connectivity index (χ1v) is 6.57. The third-order valence-electron chi connectivity index (χ3n) is 2.93. The zero-order valence-corrected chi connectivity index (χ0v) is 11.7. The average Bonchev–Trinajstić information content (AvgIpc) is 2.42. The Kier molecular flexibility index (Phi) is 4.32. The molecule has 0 saturated carbocycles. The molecule has 0 N–H and O–H groups in total. The van der Waals surface area contributed by atoms with Gasteiger partial charge in [0.15, 0.2) is 0 Å². The maximum absolute atomic E-state index is 13.0. The first kappa shape index (κ1) is 13.7. The number of halogens is 2. The van der Waals surface area contributed by atoms with Gasteiger partial charge in [-0.15, -0.1) is 0 Å². The molecule has 0 aliphatic rings. The summed E-state index contributed by atoms with van der Waals surface area (Å²) < 4.78 is 13.0. The van der Waals surface area contributed by atoms with Gasteiger partial charge in [0, 0.05) is 17.8 Å². The van der Waals surface area contributed by atoms with E-state index >= 15 is 0 Å². The Morgan fingerprint density at radius 3 is 2.42 bits per heavy atom. The van der Waals surface area contributed by atoms with Crippen LogP contribution in [-0.4, -0.2) is 16.5 Å². The topological polar surface area (TPSA) is 29.0 Å². The van der Waals surface area contributed by atoms with Crippen LogP contribution in [0.2, 0.25) is 5.15 Å². The van der Waals surface area contributed by atoms with Crippen molar-refractivity contribution in [1.82, 2.24) is 9.97 Å². The first-order valence-electron chi connectivity index (χ1n) is 6.19. The van der Waals surface area contributed by atoms with Crippen LogP contribution in [0.5, 0.6) is 0 Å². The maximum atomic E-state index is 13.0. The van der Waals surface area contributed by atoms with Gasteiger partial charge in [-0.25, -0.2) is 14.4 Å². The van der Waals surface area contributed by atoms with Crippen LogP contribution >= 0.6 is 11.6 Å². The van der Waals surface area contributed by atoms with Crippen LogP contribution < -0.4 is 4.90 Å². The summed E-state index contributed by atoms with van der Waals surface area (Å²) in [5.41, 5.74) is 1.78. The number of benzene rings is 1. The van der Waals surface area contributed by atoms with Gasteiger partial charge in [-0.3, -0.25) is 0 Å². The molecule has 0 spiro atoms. The van der Waals surface area contributed by atoms with Crippen LogP contribution in [0.25, 0.3) is 0 Å². The second-order valence-electron chi connectivity index (χ2n) is 4.04. The molecular formula is C14H15ClFN3. The Hall–Kier alpha value is -1.68. The molecule has 3 nitrogen and oxygen atoms in total. The first-order chi connectivity index (χ1) is 9.17. The molecule has 100 valence electrons. The quantitative estimate of drug-likeness (QED) is 0.793. The second-order valence-corrected chi connectivity index (χ2v) is 4.40. The largest absolute Gasteiger partial charge is 0.326 e. The lowest BCUT2D eigenvalue weighted by atomic mass is 10.2. The second kappa shape index (κ2) is 5.97. The highest BCUT2D eigenvalue weighted by molar-refractivity contribution is 6.30. The highest BCUT2D eigenvalue weighted by Gasteiger charge is 2.15. The van der Waals surface area contributed by atoms with Crippen molar-refractivity contribution >= 4 is 23.1 Å². The van der Waals surface area contributed by atoms with Gasteiger partial charge in [0.25, 0.3) is 0 Å². The molecule has 0 radical (unpaired) electrons. The maximum Gasteiger partial charge on any atom is 0.141 e. The fourth-order valence-electron chi connectivity index (χ4n) is 1.99. The van der Waals surface area contributed by atoms with E-state index in [0.29, 0.717) is 11.7 Å². The molecule has 1 heterocycles. The minimum absolute atomic E-state index is 0.253. The summed E-state index contributed by atoms with van der Waals surface area (Å²) >= 11 is 6.11. The van der Waals surface area contributed by atoms with Crippen molar-refractivity contribution in [2.75, 3.05) is 11.4 Å². The highest BCUT2D eigenvalue weighted by Crippen LogP contribution is 2.29. The molecule has 0 unspecified atom stereocenters. The fourth-order valence-corrected chi connectivity index (χ4v) is 2.26. The number of hydrogen-bond acceptors (Lipinski definition) is 3. The molecule has 5 heteroatoms. The Labute approximate surface area is 117 Å². The molecule has 0 aliphatic carbocycles. The Morgan fingerprint density at radius 2 is 1.84 bits per heavy atom. The minimum atomic E-state index is -0.253. The normalized spacial score (nSPS) is 10.5. The summed E-state index contributed by atoms with van der Waals surface area (Å²) in [6, 6.07) is 6.33. The lowest BCUT2D eigenvalue weighted by Crippen LogP contribution is -2.19. The Morgan fingerprint density at radius 1 is 1.16 bits per heavy atom. The van der Waals surface area contributed by atoms with Gasteiger partial charge < -0.3 is 4.90 Å². The lowest BCUT2D eigenvalue weighted by Gasteiger charge is -2.24. The number of aromatic nitrogens is 2. The third kappa shape index (κ3) is 2.84. The molecule has 0 amide bonds. The van der Waals surface area contributed by atoms with Crippen LogP contribution in [0.15, 0.2) is 30.6 Å². The predicted molar refractivity (Wildman–Crippen MR) is 75.5 cm³/mol. The van der Waals surface area contributed by atoms with Crippen LogP contribution in [0.1, 0.15) is 19.4 Å². The molecule has 0 aliphatic heterocycles. The van der Waals surface area contributed by atoms with Crippen molar-refractivity contribution in [1.29, 1.82) is 0 Å². The standard InChI is InChI=1S/C14H15ClFN3/c1-3-12-13(15)17-9-18-14(12)19(4-2)11-7-5-10(16)6-8-11/h5-9H,3-4H2,1-2H3. The lowest BCUT2D eigenvalue weighted by molar-refractivity contribution is 0.627. The van der Waals surface area contributed by atoms with E-state index in [1.165, 1.54) is 18.5 Å². The van der Waals surface area contributed by atoms with Crippen molar-refractivity contribution < 1.29 is 4.39 Å². The molecule has 1 aromatic carbocycles. The molecule has 0 fully saturated rings. The number of hydrogen-bond donors (Lipinski definition) is 0. The summed E-state index contributed by atoms with van der Waals surface area (Å²) in [4.78, 5) is 10.3. The van der Waals surface area contributed by atoms with Crippen molar-refractivity contribution in [2.24, 2.45) is 0 Å². The molecule has 1 aromatic heterocycles. The van der Waals surface area contributed by atoms with Crippen LogP contribution in [0, 0.1) is 5.82 Å². The summed E-state index contributed by atoms with van der Waals surface area (Å²) in [7, 11) is 0. The van der Waals surface area contributed by atoms with Gasteiger partial charge in [0.1, 0.15) is 23.1 Å². The van der Waals surface area contributed by atoms with Gasteiger partial charge in [-0.05, 0) is 37.6 Å². The van der Waals surface area contributed by atoms with Crippen LogP contribution in [0.3, 0.4) is 0 Å². The molecule has 2 rings (SSSR count). The number of anilines is 2. The summed E-state index contributed by atoms with van der Waals surface area (Å²) in [6.07, 6.45) is 2.19. The van der Waals surface area contributed by atoms with E-state index in [1.54, 1.807) is 12.1 Å². The third-order valence-corrected chi connectivity index (χ3v) is 3.26. The minimum Gasteiger partial charge on any atom is -0.326 e. The van der Waals surface area contributed by atoms with Crippen molar-refractivity contribution in [3.63, 3.8) is 0 Å². The number of rotatable bonds is 4. The van der Waals surface area contributed by atoms with Crippen LogP contribution in [-0.2, 0) is 6.42 Å². The van der Waals surface area contributed by atoms with E-state index < -0.39 is 0 Å². The Bertz CT molecular complexity index is 557. The monoisotopic (exact) mass is 279 g/mol. The molecule has 0 atom stereocenters. The van der Waals surface area contributed by atoms with Gasteiger partial charge in [0.2, 0.25) is 0 Å². The zero-order chi connectivity index (χ0) is 13.8. The molecule has 0 bridgehead atoms. The fraction of sp³-hybridized carbons (Fsp3) is 0.286. The Balaban J connectivity index is 2.48. The molecule has 19 heavy (non-hydrogen) atoms. The van der Waals surface area contributed by atoms with E-state index in [2.05, 4.69) is 9.97 Å². The average molecular weight is 280 g/mol. The highest BCUT2D eigenvalue weighted by atomic mass is 35.5. The molecular weight excluding hydrogens is 265 g/mol. The van der Waals surface area contributed by atoms with Crippen molar-refractivity contribution in [3.05, 3.63) is 47.1 Å². The summed E-state index contributed by atoms with van der Waals surface area (Å²) in [5, 5.41) is 0.466. The van der Waals surface area contributed by atoms with E-state index in [-0.39, 0.29) is 5.82 Å². The smallest absolute Gasteiger partial charge is 0.141 e. The van der Waals surface area contributed by atoms with Crippen molar-refractivity contribution in [2.45, 2.75) is 20.3 Å². The van der Waals surface area contributed by atoms with Gasteiger partial charge in [-0.1, -0.05) is 18.5 Å². The number of nitrogens with zero attached hydrogens (tertiary/aromatic N) is 3. The van der Waals surface area contributed by atoms with E-state index in [9.17, 15) is 4.39 Å². The SMILES string of the molecule is CCc1c(Cl)ncnc1N(CC)c1ccc(F)cc1. The van der Waals surface area contributed by atoms with Crippen LogP contribution in [0.4, 0.5) is 15.9 Å². The molecule has 2 aromatic rings. The summed E-state index contributed by atoms with van der Waals surface area (Å²) in [6.45, 7) is 4.73. The van der Waals surface area contributed by atoms with E-state index in [4.69, 9.17) is 11.6 Å². The van der Waals surface area contributed by atoms with Gasteiger partial charge in [0.05, 0.1) is 0 Å².